The number of hydrogen-bond acceptors (Lipinski definition) is 6. The van der Waals surface area contributed by atoms with Crippen LogP contribution in [0.1, 0.15) is 34.6 Å². The van der Waals surface area contributed by atoms with Crippen LogP contribution in [-0.4, -0.2) is 31.4 Å². The summed E-state index contributed by atoms with van der Waals surface area (Å²) in [5, 5.41) is 11.4. The third-order valence-corrected chi connectivity index (χ3v) is 4.86. The minimum absolute atomic E-state index is 0.289. The molecule has 0 bridgehead atoms. The summed E-state index contributed by atoms with van der Waals surface area (Å²) in [7, 11) is 4.61. The van der Waals surface area contributed by atoms with Gasteiger partial charge in [-0.2, -0.15) is 0 Å². The second-order valence-electron chi connectivity index (χ2n) is 6.52. The van der Waals surface area contributed by atoms with Crippen LogP contribution in [0.25, 0.3) is 0 Å². The van der Waals surface area contributed by atoms with Gasteiger partial charge in [0.25, 0.3) is 0 Å². The zero-order valence-corrected chi connectivity index (χ0v) is 17.8. The molecule has 158 valence electrons. The van der Waals surface area contributed by atoms with Gasteiger partial charge in [0.15, 0.2) is 17.8 Å². The van der Waals surface area contributed by atoms with Crippen LogP contribution in [-0.2, 0) is 16.1 Å². The van der Waals surface area contributed by atoms with Gasteiger partial charge in [-0.05, 0) is 41.0 Å². The van der Waals surface area contributed by atoms with Crippen LogP contribution < -0.4 is 9.47 Å². The first-order chi connectivity index (χ1) is 14.6. The van der Waals surface area contributed by atoms with Gasteiger partial charge in [-0.25, -0.2) is 4.98 Å². The Morgan fingerprint density at radius 2 is 1.63 bits per heavy atom. The van der Waals surface area contributed by atoms with E-state index in [1.165, 1.54) is 14.2 Å². The van der Waals surface area contributed by atoms with E-state index in [9.17, 15) is 5.11 Å². The van der Waals surface area contributed by atoms with Gasteiger partial charge < -0.3 is 24.1 Å². The number of methoxy groups -OCH3 is 3. The monoisotopic (exact) mass is 429 g/mol. The van der Waals surface area contributed by atoms with Gasteiger partial charge >= 0.3 is 0 Å². The Balaban J connectivity index is 2.04. The second kappa shape index (κ2) is 10.4. The Bertz CT molecular complexity index is 963. The highest BCUT2D eigenvalue weighted by molar-refractivity contribution is 6.29. The van der Waals surface area contributed by atoms with Crippen LogP contribution in [0.4, 0.5) is 0 Å². The Kier molecular flexibility index (Phi) is 7.65. The predicted molar refractivity (Wildman–Crippen MR) is 114 cm³/mol. The van der Waals surface area contributed by atoms with E-state index in [4.69, 9.17) is 30.5 Å². The highest BCUT2D eigenvalue weighted by Gasteiger charge is 2.24. The van der Waals surface area contributed by atoms with Crippen molar-refractivity contribution in [3.63, 3.8) is 0 Å². The number of ether oxygens (including phenoxy) is 4. The second-order valence-corrected chi connectivity index (χ2v) is 6.91. The molecule has 0 aliphatic carbocycles. The average molecular weight is 430 g/mol. The molecule has 0 spiro atoms. The first kappa shape index (κ1) is 22.1. The number of hydrogen-bond donors (Lipinski definition) is 1. The molecule has 0 amide bonds. The van der Waals surface area contributed by atoms with Crippen molar-refractivity contribution in [1.82, 2.24) is 4.98 Å². The number of rotatable bonds is 9. The molecule has 1 aromatic heterocycles. The van der Waals surface area contributed by atoms with Gasteiger partial charge in [-0.15, -0.1) is 0 Å². The number of benzene rings is 2. The Labute approximate surface area is 181 Å². The number of aliphatic hydroxyl groups excluding tert-OH is 1. The fourth-order valence-electron chi connectivity index (χ4n) is 3.16. The van der Waals surface area contributed by atoms with Crippen molar-refractivity contribution in [2.45, 2.75) is 19.0 Å². The smallest absolute Gasteiger partial charge is 0.183 e. The zero-order chi connectivity index (χ0) is 21.5. The molecule has 1 N–H and O–H groups in total. The highest BCUT2D eigenvalue weighted by Crippen LogP contribution is 2.39. The maximum atomic E-state index is 11.1. The van der Waals surface area contributed by atoms with E-state index < -0.39 is 12.4 Å². The van der Waals surface area contributed by atoms with E-state index in [-0.39, 0.29) is 5.15 Å². The molecule has 3 aromatic rings. The lowest BCUT2D eigenvalue weighted by atomic mass is 9.96. The van der Waals surface area contributed by atoms with Crippen molar-refractivity contribution in [2.24, 2.45) is 0 Å². The summed E-state index contributed by atoms with van der Waals surface area (Å²) in [5.41, 5.74) is 2.76. The first-order valence-electron chi connectivity index (χ1n) is 9.31. The fraction of sp³-hybridized carbons (Fsp3) is 0.261. The molecule has 1 heterocycles. The Hall–Kier alpha value is -2.64. The summed E-state index contributed by atoms with van der Waals surface area (Å²) in [6.45, 7) is 0.352. The number of halogens is 1. The molecule has 0 aliphatic heterocycles. The minimum atomic E-state index is -1.00. The van der Waals surface area contributed by atoms with Crippen LogP contribution in [0.5, 0.6) is 11.5 Å². The van der Waals surface area contributed by atoms with Gasteiger partial charge in [0.2, 0.25) is 0 Å². The van der Waals surface area contributed by atoms with E-state index in [1.54, 1.807) is 37.6 Å². The molecule has 3 rings (SSSR count). The van der Waals surface area contributed by atoms with E-state index in [2.05, 4.69) is 4.98 Å². The van der Waals surface area contributed by atoms with Crippen molar-refractivity contribution in [3.05, 3.63) is 88.2 Å². The number of aliphatic hydroxyl groups is 1. The molecule has 0 saturated heterocycles. The average Bonchev–Trinajstić information content (AvgIpc) is 2.78. The van der Waals surface area contributed by atoms with Gasteiger partial charge in [0.05, 0.1) is 7.11 Å². The number of pyridine rings is 1. The summed E-state index contributed by atoms with van der Waals surface area (Å²) >= 11 is 6.01. The predicted octanol–water partition coefficient (Wildman–Crippen LogP) is 4.70. The van der Waals surface area contributed by atoms with Crippen molar-refractivity contribution in [3.8, 4) is 11.5 Å². The van der Waals surface area contributed by atoms with Crippen LogP contribution in [0.15, 0.2) is 60.8 Å². The Morgan fingerprint density at radius 1 is 0.933 bits per heavy atom. The highest BCUT2D eigenvalue weighted by atomic mass is 35.5. The van der Waals surface area contributed by atoms with Gasteiger partial charge in [-0.3, -0.25) is 0 Å². The fourth-order valence-corrected chi connectivity index (χ4v) is 3.34. The Morgan fingerprint density at radius 3 is 2.27 bits per heavy atom. The molecule has 0 fully saturated rings. The lowest BCUT2D eigenvalue weighted by Crippen LogP contribution is -2.12. The molecule has 7 heteroatoms. The lowest BCUT2D eigenvalue weighted by Gasteiger charge is -2.23. The summed E-state index contributed by atoms with van der Waals surface area (Å²) in [6, 6.07) is 16.6. The molecule has 1 unspecified atom stereocenters. The standard InChI is InChI=1S/C23H24ClNO5/c1-27-19-13-18(23(28-2)29-3)17(22(26)16-9-10-25-21(24)11-16)12-20(19)30-14-15-7-5-4-6-8-15/h4-13,22-23,26H,14H2,1-3H3. The third-order valence-electron chi connectivity index (χ3n) is 4.65. The van der Waals surface area contributed by atoms with Crippen molar-refractivity contribution < 1.29 is 24.1 Å². The van der Waals surface area contributed by atoms with Crippen molar-refractivity contribution in [1.29, 1.82) is 0 Å². The summed E-state index contributed by atoms with van der Waals surface area (Å²) < 4.78 is 22.4. The first-order valence-corrected chi connectivity index (χ1v) is 9.68. The van der Waals surface area contributed by atoms with E-state index in [1.807, 2.05) is 30.3 Å². The molecule has 6 nitrogen and oxygen atoms in total. The maximum absolute atomic E-state index is 11.1. The van der Waals surface area contributed by atoms with Gasteiger partial charge in [-0.1, -0.05) is 41.9 Å². The lowest BCUT2D eigenvalue weighted by molar-refractivity contribution is -0.107. The molecule has 0 saturated carbocycles. The van der Waals surface area contributed by atoms with E-state index in [0.717, 1.165) is 5.56 Å². The molecule has 2 aromatic carbocycles. The topological polar surface area (TPSA) is 70.0 Å². The summed E-state index contributed by atoms with van der Waals surface area (Å²) in [5.74, 6) is 0.994. The minimum Gasteiger partial charge on any atom is -0.493 e. The van der Waals surface area contributed by atoms with Gasteiger partial charge in [0.1, 0.15) is 17.9 Å². The number of nitrogens with zero attached hydrogens (tertiary/aromatic N) is 1. The summed E-state index contributed by atoms with van der Waals surface area (Å²) in [4.78, 5) is 3.97. The molecular formula is C23H24ClNO5. The quantitative estimate of drug-likeness (QED) is 0.393. The van der Waals surface area contributed by atoms with Crippen molar-refractivity contribution >= 4 is 11.6 Å². The van der Waals surface area contributed by atoms with Crippen LogP contribution in [0.3, 0.4) is 0 Å². The van der Waals surface area contributed by atoms with Gasteiger partial charge in [0, 0.05) is 26.0 Å². The SMILES string of the molecule is COc1cc(C(OC)OC)c(C(O)c2ccnc(Cl)c2)cc1OCc1ccccc1. The molecule has 30 heavy (non-hydrogen) atoms. The normalized spacial score (nSPS) is 12.1. The zero-order valence-electron chi connectivity index (χ0n) is 17.0. The maximum Gasteiger partial charge on any atom is 0.183 e. The molecule has 0 radical (unpaired) electrons. The largest absolute Gasteiger partial charge is 0.493 e. The van der Waals surface area contributed by atoms with Crippen LogP contribution in [0, 0.1) is 0 Å². The molecule has 0 aliphatic rings. The van der Waals surface area contributed by atoms with E-state index >= 15 is 0 Å². The van der Waals surface area contributed by atoms with E-state index in [0.29, 0.717) is 34.8 Å². The summed E-state index contributed by atoms with van der Waals surface area (Å²) in [6.07, 6.45) is -0.164. The van der Waals surface area contributed by atoms with Crippen LogP contribution >= 0.6 is 11.6 Å². The molecular weight excluding hydrogens is 406 g/mol. The van der Waals surface area contributed by atoms with Crippen LogP contribution in [0.2, 0.25) is 5.15 Å². The number of aromatic nitrogens is 1. The third kappa shape index (κ3) is 5.09. The van der Waals surface area contributed by atoms with Crippen molar-refractivity contribution in [2.75, 3.05) is 21.3 Å². The molecule has 1 atom stereocenters.